The fourth-order valence-electron chi connectivity index (χ4n) is 3.09. The first-order valence-corrected chi connectivity index (χ1v) is 11.5. The van der Waals surface area contributed by atoms with Gasteiger partial charge in [0.1, 0.15) is 5.75 Å². The molecule has 0 saturated heterocycles. The molecule has 2 amide bonds. The van der Waals surface area contributed by atoms with E-state index in [1.54, 1.807) is 48.5 Å². The van der Waals surface area contributed by atoms with Crippen LogP contribution in [0.2, 0.25) is 0 Å². The molecule has 33 heavy (non-hydrogen) atoms. The zero-order chi connectivity index (χ0) is 23.7. The molecule has 0 radical (unpaired) electrons. The highest BCUT2D eigenvalue weighted by Gasteiger charge is 2.07. The highest BCUT2D eigenvalue weighted by atomic mass is 16.5. The smallest absolute Gasteiger partial charge is 0.343 e. The Balaban J connectivity index is 1.61. The number of carbonyl (C=O) groups excluding carboxylic acids is 3. The van der Waals surface area contributed by atoms with Crippen LogP contribution in [0.3, 0.4) is 0 Å². The highest BCUT2D eigenvalue weighted by Crippen LogP contribution is 2.13. The molecule has 0 heterocycles. The van der Waals surface area contributed by atoms with Crippen molar-refractivity contribution in [3.05, 3.63) is 65.7 Å². The lowest BCUT2D eigenvalue weighted by Gasteiger charge is -2.05. The zero-order valence-electron chi connectivity index (χ0n) is 19.2. The van der Waals surface area contributed by atoms with Crippen LogP contribution in [0.1, 0.15) is 74.2 Å². The third-order valence-electron chi connectivity index (χ3n) is 4.96. The van der Waals surface area contributed by atoms with E-state index in [4.69, 9.17) is 4.74 Å². The molecule has 0 atom stereocenters. The van der Waals surface area contributed by atoms with E-state index in [0.29, 0.717) is 17.7 Å². The van der Waals surface area contributed by atoms with Gasteiger partial charge in [-0.2, -0.15) is 5.10 Å². The molecule has 0 aliphatic heterocycles. The van der Waals surface area contributed by atoms with Gasteiger partial charge in [0.25, 0.3) is 5.91 Å². The molecule has 0 saturated carbocycles. The second-order valence-electron chi connectivity index (χ2n) is 7.77. The summed E-state index contributed by atoms with van der Waals surface area (Å²) in [6.07, 6.45) is 9.92. The van der Waals surface area contributed by atoms with Crippen LogP contribution in [0.15, 0.2) is 59.7 Å². The van der Waals surface area contributed by atoms with Crippen molar-refractivity contribution in [2.75, 3.05) is 6.54 Å². The van der Waals surface area contributed by atoms with E-state index in [9.17, 15) is 14.4 Å². The molecule has 2 rings (SSSR count). The van der Waals surface area contributed by atoms with Crippen molar-refractivity contribution in [2.24, 2.45) is 5.10 Å². The minimum Gasteiger partial charge on any atom is -0.423 e. The fourth-order valence-corrected chi connectivity index (χ4v) is 3.09. The van der Waals surface area contributed by atoms with Gasteiger partial charge < -0.3 is 10.1 Å². The number of hydrogen-bond acceptors (Lipinski definition) is 5. The lowest BCUT2D eigenvalue weighted by atomic mass is 10.1. The Bertz CT molecular complexity index is 896. The second-order valence-corrected chi connectivity index (χ2v) is 7.77. The fraction of sp³-hybridized carbons (Fsp3) is 0.385. The van der Waals surface area contributed by atoms with Crippen molar-refractivity contribution < 1.29 is 19.1 Å². The lowest BCUT2D eigenvalue weighted by molar-refractivity contribution is -0.126. The number of rotatable bonds is 14. The van der Waals surface area contributed by atoms with E-state index in [1.165, 1.54) is 31.9 Å². The van der Waals surface area contributed by atoms with E-state index in [1.807, 2.05) is 6.07 Å². The second kappa shape index (κ2) is 15.3. The molecule has 176 valence electrons. The summed E-state index contributed by atoms with van der Waals surface area (Å²) in [5, 5.41) is 6.49. The van der Waals surface area contributed by atoms with Gasteiger partial charge in [-0.3, -0.25) is 9.59 Å². The minimum absolute atomic E-state index is 0.110. The van der Waals surface area contributed by atoms with E-state index >= 15 is 0 Å². The van der Waals surface area contributed by atoms with E-state index in [2.05, 4.69) is 22.8 Å². The molecule has 0 aromatic heterocycles. The van der Waals surface area contributed by atoms with Crippen molar-refractivity contribution in [2.45, 2.75) is 58.3 Å². The first kappa shape index (κ1) is 25.8. The summed E-state index contributed by atoms with van der Waals surface area (Å²) in [5.74, 6) is -0.539. The largest absolute Gasteiger partial charge is 0.423 e. The number of unbranched alkanes of at least 4 members (excludes halogenated alkanes) is 6. The molecule has 7 nitrogen and oxygen atoms in total. The maximum atomic E-state index is 12.1. The Kier molecular flexibility index (Phi) is 12.0. The summed E-state index contributed by atoms with van der Waals surface area (Å²) in [7, 11) is 0. The normalized spacial score (nSPS) is 10.7. The Morgan fingerprint density at radius 2 is 1.52 bits per heavy atom. The van der Waals surface area contributed by atoms with Crippen LogP contribution in [0.4, 0.5) is 0 Å². The Morgan fingerprint density at radius 3 is 2.21 bits per heavy atom. The van der Waals surface area contributed by atoms with Crippen LogP contribution in [-0.4, -0.2) is 30.5 Å². The first-order valence-electron chi connectivity index (χ1n) is 11.5. The van der Waals surface area contributed by atoms with Gasteiger partial charge in [0.2, 0.25) is 5.91 Å². The van der Waals surface area contributed by atoms with Crippen LogP contribution >= 0.6 is 0 Å². The molecule has 2 aromatic carbocycles. The molecule has 2 aromatic rings. The van der Waals surface area contributed by atoms with Crippen molar-refractivity contribution in [1.29, 1.82) is 0 Å². The molecule has 0 unspecified atom stereocenters. The summed E-state index contributed by atoms with van der Waals surface area (Å²) in [6, 6.07) is 15.5. The van der Waals surface area contributed by atoms with Gasteiger partial charge in [0, 0.05) is 6.42 Å². The van der Waals surface area contributed by atoms with Gasteiger partial charge in [-0.15, -0.1) is 0 Å². The molecule has 0 spiro atoms. The monoisotopic (exact) mass is 451 g/mol. The molecule has 0 aliphatic carbocycles. The Labute approximate surface area is 195 Å². The number of nitrogens with one attached hydrogen (secondary N) is 2. The summed E-state index contributed by atoms with van der Waals surface area (Å²) in [4.78, 5) is 35.7. The van der Waals surface area contributed by atoms with Crippen molar-refractivity contribution in [1.82, 2.24) is 10.7 Å². The minimum atomic E-state index is -0.432. The summed E-state index contributed by atoms with van der Waals surface area (Å²) < 4.78 is 5.32. The molecular weight excluding hydrogens is 418 g/mol. The number of ether oxygens (including phenoxy) is 1. The predicted molar refractivity (Wildman–Crippen MR) is 129 cm³/mol. The van der Waals surface area contributed by atoms with Gasteiger partial charge in [-0.05, 0) is 48.4 Å². The number of hydrogen-bond donors (Lipinski definition) is 2. The van der Waals surface area contributed by atoms with E-state index in [-0.39, 0.29) is 12.5 Å². The van der Waals surface area contributed by atoms with Gasteiger partial charge in [-0.1, -0.05) is 63.6 Å². The summed E-state index contributed by atoms with van der Waals surface area (Å²) >= 11 is 0. The lowest BCUT2D eigenvalue weighted by Crippen LogP contribution is -2.34. The van der Waals surface area contributed by atoms with Crippen LogP contribution in [0.5, 0.6) is 5.75 Å². The van der Waals surface area contributed by atoms with Crippen molar-refractivity contribution in [3.63, 3.8) is 0 Å². The average molecular weight is 452 g/mol. The maximum absolute atomic E-state index is 12.1. The topological polar surface area (TPSA) is 96.9 Å². The summed E-state index contributed by atoms with van der Waals surface area (Å²) in [5.41, 5.74) is 3.57. The molecule has 2 N–H and O–H groups in total. The molecular formula is C26H33N3O4. The number of esters is 1. The van der Waals surface area contributed by atoms with Crippen molar-refractivity contribution in [3.8, 4) is 5.75 Å². The number of hydrazone groups is 1. The zero-order valence-corrected chi connectivity index (χ0v) is 19.2. The number of carbonyl (C=O) groups is 3. The molecule has 7 heteroatoms. The van der Waals surface area contributed by atoms with Crippen LogP contribution in [0, 0.1) is 0 Å². The van der Waals surface area contributed by atoms with Gasteiger partial charge >= 0.3 is 5.97 Å². The molecule has 0 aliphatic rings. The standard InChI is InChI=1S/C26H33N3O4/c1-2-3-4-5-6-7-11-14-24(30)27-20-25(31)29-28-19-21-15-17-23(18-16-21)33-26(32)22-12-9-8-10-13-22/h8-10,12-13,15-19H,2-7,11,14,20H2,1H3,(H,27,30)(H,29,31)/b28-19-. The number of nitrogens with zero attached hydrogens (tertiary/aromatic N) is 1. The Hall–Kier alpha value is -3.48. The molecule has 0 bridgehead atoms. The SMILES string of the molecule is CCCCCCCCCC(=O)NCC(=O)N/N=C\c1ccc(OC(=O)c2ccccc2)cc1. The van der Waals surface area contributed by atoms with E-state index in [0.717, 1.165) is 24.8 Å². The van der Waals surface area contributed by atoms with Crippen LogP contribution in [0.25, 0.3) is 0 Å². The third-order valence-corrected chi connectivity index (χ3v) is 4.96. The van der Waals surface area contributed by atoms with Gasteiger partial charge in [0.15, 0.2) is 0 Å². The van der Waals surface area contributed by atoms with Gasteiger partial charge in [-0.25, -0.2) is 10.2 Å². The Morgan fingerprint density at radius 1 is 0.848 bits per heavy atom. The van der Waals surface area contributed by atoms with Crippen molar-refractivity contribution >= 4 is 24.0 Å². The number of amides is 2. The third kappa shape index (κ3) is 11.1. The highest BCUT2D eigenvalue weighted by molar-refractivity contribution is 5.91. The molecule has 0 fully saturated rings. The van der Waals surface area contributed by atoms with Gasteiger partial charge in [0.05, 0.1) is 18.3 Å². The summed E-state index contributed by atoms with van der Waals surface area (Å²) in [6.45, 7) is 2.08. The van der Waals surface area contributed by atoms with Crippen LogP contribution in [-0.2, 0) is 9.59 Å². The van der Waals surface area contributed by atoms with Crippen LogP contribution < -0.4 is 15.5 Å². The first-order chi connectivity index (χ1) is 16.1. The quantitative estimate of drug-likeness (QED) is 0.144. The maximum Gasteiger partial charge on any atom is 0.343 e. The average Bonchev–Trinajstić information content (AvgIpc) is 2.84. The predicted octanol–water partition coefficient (Wildman–Crippen LogP) is 4.61. The van der Waals surface area contributed by atoms with E-state index < -0.39 is 11.9 Å². The number of benzene rings is 2.